The van der Waals surface area contributed by atoms with Crippen LogP contribution in [0.25, 0.3) is 16.2 Å². The predicted octanol–water partition coefficient (Wildman–Crippen LogP) is 3.07. The zero-order chi connectivity index (χ0) is 12.7. The molecular weight excluding hydrogens is 248 g/mol. The first-order chi connectivity index (χ1) is 8.68. The lowest BCUT2D eigenvalue weighted by Crippen LogP contribution is -2.05. The number of nitrogens with zero attached hydrogens (tertiary/aromatic N) is 2. The largest absolute Gasteiger partial charge is 0.476 e. The number of fused-ring (bicyclic) bond motifs is 1. The summed E-state index contributed by atoms with van der Waals surface area (Å²) < 4.78 is 1.68. The van der Waals surface area contributed by atoms with Crippen molar-refractivity contribution in [2.45, 2.75) is 6.92 Å². The summed E-state index contributed by atoms with van der Waals surface area (Å²) in [6.45, 7) is 1.87. The quantitative estimate of drug-likeness (QED) is 0.768. The fourth-order valence-corrected chi connectivity index (χ4v) is 2.75. The van der Waals surface area contributed by atoms with E-state index in [0.29, 0.717) is 11.3 Å². The van der Waals surface area contributed by atoms with Gasteiger partial charge in [0.25, 0.3) is 0 Å². The first kappa shape index (κ1) is 11.0. The molecular formula is C13H10N2O2S. The number of carbonyl (C=O) groups is 1. The number of rotatable bonds is 2. The maximum atomic E-state index is 11.5. The van der Waals surface area contributed by atoms with Crippen LogP contribution in [-0.2, 0) is 0 Å². The number of pyridine rings is 1. The summed E-state index contributed by atoms with van der Waals surface area (Å²) >= 11 is 1.49. The van der Waals surface area contributed by atoms with Gasteiger partial charge in [0.2, 0.25) is 0 Å². The van der Waals surface area contributed by atoms with E-state index in [1.807, 2.05) is 42.6 Å². The highest BCUT2D eigenvalue weighted by Gasteiger charge is 2.21. The molecule has 0 aliphatic carbocycles. The summed E-state index contributed by atoms with van der Waals surface area (Å²) in [5.41, 5.74) is 2.29. The lowest BCUT2D eigenvalue weighted by atomic mass is 10.2. The Hall–Kier alpha value is -2.14. The predicted molar refractivity (Wildman–Crippen MR) is 70.2 cm³/mol. The number of hydrogen-bond acceptors (Lipinski definition) is 3. The molecule has 0 saturated carbocycles. The van der Waals surface area contributed by atoms with Crippen molar-refractivity contribution >= 4 is 23.0 Å². The lowest BCUT2D eigenvalue weighted by molar-refractivity contribution is 0.0690. The number of hydrogen-bond donors (Lipinski definition) is 1. The monoisotopic (exact) mass is 258 g/mol. The van der Waals surface area contributed by atoms with Gasteiger partial charge >= 0.3 is 5.97 Å². The summed E-state index contributed by atoms with van der Waals surface area (Å²) in [5.74, 6) is -0.958. The second-order valence-electron chi connectivity index (χ2n) is 3.95. The van der Waals surface area contributed by atoms with Gasteiger partial charge in [0.1, 0.15) is 11.3 Å². The third-order valence-corrected chi connectivity index (χ3v) is 3.67. The van der Waals surface area contributed by atoms with Crippen molar-refractivity contribution in [1.82, 2.24) is 9.38 Å². The molecule has 0 fully saturated rings. The van der Waals surface area contributed by atoms with E-state index in [1.165, 1.54) is 11.3 Å². The van der Waals surface area contributed by atoms with Gasteiger partial charge in [0.05, 0.1) is 4.88 Å². The topological polar surface area (TPSA) is 54.6 Å². The van der Waals surface area contributed by atoms with Gasteiger partial charge in [-0.15, -0.1) is 11.3 Å². The number of aromatic nitrogens is 2. The molecule has 0 spiro atoms. The molecule has 3 aromatic rings. The molecule has 0 aliphatic rings. The molecule has 0 amide bonds. The Balaban J connectivity index is 2.43. The minimum absolute atomic E-state index is 0.227. The summed E-state index contributed by atoms with van der Waals surface area (Å²) in [7, 11) is 0. The highest BCUT2D eigenvalue weighted by Crippen LogP contribution is 2.29. The van der Waals surface area contributed by atoms with Crippen LogP contribution in [-0.4, -0.2) is 20.5 Å². The second kappa shape index (κ2) is 3.96. The van der Waals surface area contributed by atoms with Gasteiger partial charge in [-0.25, -0.2) is 9.78 Å². The van der Waals surface area contributed by atoms with Gasteiger partial charge in [-0.1, -0.05) is 12.1 Å². The van der Waals surface area contributed by atoms with Crippen molar-refractivity contribution in [3.63, 3.8) is 0 Å². The molecule has 0 unspecified atom stereocenters. The van der Waals surface area contributed by atoms with Crippen LogP contribution in [0, 0.1) is 6.92 Å². The van der Waals surface area contributed by atoms with E-state index in [-0.39, 0.29) is 5.69 Å². The van der Waals surface area contributed by atoms with Gasteiger partial charge in [0, 0.05) is 5.69 Å². The Bertz CT molecular complexity index is 729. The summed E-state index contributed by atoms with van der Waals surface area (Å²) in [5, 5.41) is 11.3. The van der Waals surface area contributed by atoms with Gasteiger partial charge in [-0.05, 0) is 30.5 Å². The summed E-state index contributed by atoms with van der Waals surface area (Å²) in [6, 6.07) is 9.34. The van der Waals surface area contributed by atoms with E-state index in [1.54, 1.807) is 4.40 Å². The maximum absolute atomic E-state index is 11.5. The van der Waals surface area contributed by atoms with Gasteiger partial charge in [-0.2, -0.15) is 0 Å². The van der Waals surface area contributed by atoms with Crippen molar-refractivity contribution in [3.8, 4) is 10.6 Å². The van der Waals surface area contributed by atoms with Crippen LogP contribution in [0.4, 0.5) is 0 Å². The second-order valence-corrected chi connectivity index (χ2v) is 4.90. The molecule has 4 nitrogen and oxygen atoms in total. The van der Waals surface area contributed by atoms with Crippen LogP contribution in [0.2, 0.25) is 0 Å². The zero-order valence-corrected chi connectivity index (χ0v) is 10.4. The molecule has 90 valence electrons. The zero-order valence-electron chi connectivity index (χ0n) is 9.62. The van der Waals surface area contributed by atoms with E-state index >= 15 is 0 Å². The van der Waals surface area contributed by atoms with Crippen LogP contribution in [0.3, 0.4) is 0 Å². The Morgan fingerprint density at radius 3 is 2.83 bits per heavy atom. The minimum Gasteiger partial charge on any atom is -0.476 e. The summed E-state index contributed by atoms with van der Waals surface area (Å²) in [4.78, 5) is 16.8. The minimum atomic E-state index is -0.958. The Labute approximate surface area is 107 Å². The number of carboxylic acids is 1. The van der Waals surface area contributed by atoms with Crippen LogP contribution < -0.4 is 0 Å². The standard InChI is InChI=1S/C13H10N2O2S/c1-8-4-2-6-10-14-11(9-5-3-7-18-9)12(13(16)17)15(8)10/h2-7H,1H3,(H,16,17). The molecule has 3 heterocycles. The Kier molecular flexibility index (Phi) is 2.41. The molecule has 18 heavy (non-hydrogen) atoms. The van der Waals surface area contributed by atoms with Crippen molar-refractivity contribution in [2.75, 3.05) is 0 Å². The molecule has 5 heteroatoms. The van der Waals surface area contributed by atoms with Crippen molar-refractivity contribution < 1.29 is 9.90 Å². The van der Waals surface area contributed by atoms with E-state index in [4.69, 9.17) is 0 Å². The number of imidazole rings is 1. The molecule has 0 bridgehead atoms. The lowest BCUT2D eigenvalue weighted by Gasteiger charge is -2.01. The maximum Gasteiger partial charge on any atom is 0.355 e. The SMILES string of the molecule is Cc1cccc2nc(-c3cccs3)c(C(=O)O)n12. The number of thiophene rings is 1. The molecule has 0 radical (unpaired) electrons. The van der Waals surface area contributed by atoms with E-state index in [0.717, 1.165) is 10.6 Å². The summed E-state index contributed by atoms with van der Waals surface area (Å²) in [6.07, 6.45) is 0. The Morgan fingerprint density at radius 1 is 1.33 bits per heavy atom. The molecule has 0 atom stereocenters. The van der Waals surface area contributed by atoms with Crippen LogP contribution in [0.5, 0.6) is 0 Å². The average Bonchev–Trinajstić information content (AvgIpc) is 2.95. The van der Waals surface area contributed by atoms with Gasteiger partial charge < -0.3 is 5.11 Å². The fourth-order valence-electron chi connectivity index (χ4n) is 2.04. The molecule has 0 aromatic carbocycles. The van der Waals surface area contributed by atoms with Crippen molar-refractivity contribution in [3.05, 3.63) is 47.1 Å². The molecule has 3 aromatic heterocycles. The first-order valence-electron chi connectivity index (χ1n) is 5.43. The van der Waals surface area contributed by atoms with E-state index < -0.39 is 5.97 Å². The number of aromatic carboxylic acids is 1. The highest BCUT2D eigenvalue weighted by atomic mass is 32.1. The number of aryl methyl sites for hydroxylation is 1. The molecule has 0 saturated heterocycles. The van der Waals surface area contributed by atoms with Gasteiger partial charge in [0.15, 0.2) is 5.69 Å². The van der Waals surface area contributed by atoms with Crippen LogP contribution in [0.15, 0.2) is 35.7 Å². The van der Waals surface area contributed by atoms with Crippen molar-refractivity contribution in [2.24, 2.45) is 0 Å². The van der Waals surface area contributed by atoms with Gasteiger partial charge in [-0.3, -0.25) is 4.40 Å². The molecule has 1 N–H and O–H groups in total. The number of carboxylic acid groups (broad SMARTS) is 1. The molecule has 3 rings (SSSR count). The van der Waals surface area contributed by atoms with E-state index in [9.17, 15) is 9.90 Å². The van der Waals surface area contributed by atoms with Crippen LogP contribution >= 0.6 is 11.3 Å². The molecule has 0 aliphatic heterocycles. The third-order valence-electron chi connectivity index (χ3n) is 2.80. The first-order valence-corrected chi connectivity index (χ1v) is 6.31. The smallest absolute Gasteiger partial charge is 0.355 e. The van der Waals surface area contributed by atoms with E-state index in [2.05, 4.69) is 4.98 Å². The Morgan fingerprint density at radius 2 is 2.17 bits per heavy atom. The highest BCUT2D eigenvalue weighted by molar-refractivity contribution is 7.13. The third kappa shape index (κ3) is 1.52. The van der Waals surface area contributed by atoms with Crippen molar-refractivity contribution in [1.29, 1.82) is 0 Å². The fraction of sp³-hybridized carbons (Fsp3) is 0.0769. The normalized spacial score (nSPS) is 10.9. The average molecular weight is 258 g/mol. The van der Waals surface area contributed by atoms with Crippen LogP contribution in [0.1, 0.15) is 16.2 Å².